The monoisotopic (exact) mass is 271 g/mol. The molecule has 1 rings (SSSR count). The number of nitrogens with zero attached hydrogens (tertiary/aromatic N) is 2. The van der Waals surface area contributed by atoms with E-state index in [0.29, 0.717) is 0 Å². The zero-order valence-electron chi connectivity index (χ0n) is 9.39. The largest absolute Gasteiger partial charge is 0.311 e. The van der Waals surface area contributed by atoms with Crippen LogP contribution in [0.2, 0.25) is 0 Å². The molecule has 15 heavy (non-hydrogen) atoms. The molecule has 0 aliphatic carbocycles. The van der Waals surface area contributed by atoms with Crippen LogP contribution in [0.15, 0.2) is 17.1 Å². The van der Waals surface area contributed by atoms with Gasteiger partial charge in [0.15, 0.2) is 0 Å². The third kappa shape index (κ3) is 3.18. The summed E-state index contributed by atoms with van der Waals surface area (Å²) in [6, 6.07) is 0. The summed E-state index contributed by atoms with van der Waals surface area (Å²) >= 11 is 3.57. The van der Waals surface area contributed by atoms with Gasteiger partial charge in [-0.2, -0.15) is 5.10 Å². The minimum atomic E-state index is 0.850. The standard InChI is InChI=1S/C11H18BrN3/c1-4-6-7-13-8-10-11(12)9(3)14-15(10)5-2/h4,13H,1,5-8H2,2-3H3. The third-order valence-corrected chi connectivity index (χ3v) is 3.30. The van der Waals surface area contributed by atoms with E-state index in [1.807, 2.05) is 17.7 Å². The fourth-order valence-electron chi connectivity index (χ4n) is 1.45. The lowest BCUT2D eigenvalue weighted by atomic mass is 10.3. The number of hydrogen-bond acceptors (Lipinski definition) is 2. The zero-order valence-corrected chi connectivity index (χ0v) is 11.0. The topological polar surface area (TPSA) is 29.9 Å². The molecule has 84 valence electrons. The van der Waals surface area contributed by atoms with E-state index < -0.39 is 0 Å². The minimum absolute atomic E-state index is 0.850. The molecule has 0 bridgehead atoms. The van der Waals surface area contributed by atoms with Crippen molar-refractivity contribution in [2.75, 3.05) is 6.54 Å². The minimum Gasteiger partial charge on any atom is -0.311 e. The molecular weight excluding hydrogens is 254 g/mol. The maximum atomic E-state index is 4.44. The first kappa shape index (κ1) is 12.5. The molecule has 0 aliphatic heterocycles. The summed E-state index contributed by atoms with van der Waals surface area (Å²) in [5, 5.41) is 7.81. The molecule has 1 heterocycles. The van der Waals surface area contributed by atoms with Gasteiger partial charge in [-0.1, -0.05) is 6.08 Å². The Balaban J connectivity index is 2.62. The Kier molecular flexibility index (Phi) is 5.05. The number of halogens is 1. The van der Waals surface area contributed by atoms with Crippen molar-refractivity contribution in [1.82, 2.24) is 15.1 Å². The molecule has 4 heteroatoms. The fraction of sp³-hybridized carbons (Fsp3) is 0.545. The van der Waals surface area contributed by atoms with Crippen molar-refractivity contribution >= 4 is 15.9 Å². The lowest BCUT2D eigenvalue weighted by molar-refractivity contribution is 0.580. The summed E-state index contributed by atoms with van der Waals surface area (Å²) in [4.78, 5) is 0. The van der Waals surface area contributed by atoms with Crippen molar-refractivity contribution in [2.45, 2.75) is 33.4 Å². The van der Waals surface area contributed by atoms with Gasteiger partial charge in [-0.3, -0.25) is 4.68 Å². The first-order chi connectivity index (χ1) is 7.20. The lowest BCUT2D eigenvalue weighted by Gasteiger charge is -2.06. The van der Waals surface area contributed by atoms with Crippen LogP contribution in [0.5, 0.6) is 0 Å². The average Bonchev–Trinajstić information content (AvgIpc) is 2.51. The molecule has 0 saturated carbocycles. The molecule has 0 spiro atoms. The first-order valence-electron chi connectivity index (χ1n) is 5.24. The van der Waals surface area contributed by atoms with Crippen molar-refractivity contribution in [1.29, 1.82) is 0 Å². The Hall–Kier alpha value is -0.610. The fourth-order valence-corrected chi connectivity index (χ4v) is 1.87. The molecule has 1 aromatic rings. The molecule has 0 aliphatic rings. The van der Waals surface area contributed by atoms with Crippen LogP contribution in [0.1, 0.15) is 24.7 Å². The predicted octanol–water partition coefficient (Wildman–Crippen LogP) is 2.64. The molecule has 0 atom stereocenters. The number of hydrogen-bond donors (Lipinski definition) is 1. The second kappa shape index (κ2) is 6.08. The highest BCUT2D eigenvalue weighted by Crippen LogP contribution is 2.20. The summed E-state index contributed by atoms with van der Waals surface area (Å²) in [5.74, 6) is 0. The maximum Gasteiger partial charge on any atom is 0.0739 e. The summed E-state index contributed by atoms with van der Waals surface area (Å²) in [7, 11) is 0. The van der Waals surface area contributed by atoms with Gasteiger partial charge in [-0.25, -0.2) is 0 Å². The number of rotatable bonds is 6. The summed E-state index contributed by atoms with van der Waals surface area (Å²) < 4.78 is 3.15. The molecule has 0 radical (unpaired) electrons. The van der Waals surface area contributed by atoms with Crippen LogP contribution in [-0.2, 0) is 13.1 Å². The molecule has 0 unspecified atom stereocenters. The summed E-state index contributed by atoms with van der Waals surface area (Å²) in [6.45, 7) is 10.5. The molecule has 0 saturated heterocycles. The second-order valence-corrected chi connectivity index (χ2v) is 4.21. The van der Waals surface area contributed by atoms with Crippen LogP contribution in [0.4, 0.5) is 0 Å². The molecule has 0 aromatic carbocycles. The van der Waals surface area contributed by atoms with E-state index in [2.05, 4.69) is 39.8 Å². The molecular formula is C11H18BrN3. The predicted molar refractivity (Wildman–Crippen MR) is 66.9 cm³/mol. The first-order valence-corrected chi connectivity index (χ1v) is 6.03. The Bertz CT molecular complexity index is 331. The smallest absolute Gasteiger partial charge is 0.0739 e. The zero-order chi connectivity index (χ0) is 11.3. The van der Waals surface area contributed by atoms with Gasteiger partial charge in [0.05, 0.1) is 15.9 Å². The van der Waals surface area contributed by atoms with Crippen molar-refractivity contribution in [3.63, 3.8) is 0 Å². The van der Waals surface area contributed by atoms with E-state index in [-0.39, 0.29) is 0 Å². The van der Waals surface area contributed by atoms with Crippen molar-refractivity contribution in [2.24, 2.45) is 0 Å². The Labute approximate surface area is 99.7 Å². The van der Waals surface area contributed by atoms with Gasteiger partial charge in [0.1, 0.15) is 0 Å². The molecule has 3 nitrogen and oxygen atoms in total. The van der Waals surface area contributed by atoms with E-state index >= 15 is 0 Å². The highest BCUT2D eigenvalue weighted by molar-refractivity contribution is 9.10. The van der Waals surface area contributed by atoms with Crippen LogP contribution < -0.4 is 5.32 Å². The van der Waals surface area contributed by atoms with Crippen LogP contribution in [-0.4, -0.2) is 16.3 Å². The van der Waals surface area contributed by atoms with Gasteiger partial charge < -0.3 is 5.32 Å². The maximum absolute atomic E-state index is 4.44. The SMILES string of the molecule is C=CCCNCc1c(Br)c(C)nn1CC. The molecule has 0 amide bonds. The Morgan fingerprint density at radius 3 is 2.93 bits per heavy atom. The highest BCUT2D eigenvalue weighted by Gasteiger charge is 2.10. The van der Waals surface area contributed by atoms with Crippen molar-refractivity contribution in [3.8, 4) is 0 Å². The number of aromatic nitrogens is 2. The van der Waals surface area contributed by atoms with Crippen LogP contribution in [0, 0.1) is 6.92 Å². The molecule has 1 aromatic heterocycles. The third-order valence-electron chi connectivity index (χ3n) is 2.27. The van der Waals surface area contributed by atoms with Crippen LogP contribution in [0.25, 0.3) is 0 Å². The van der Waals surface area contributed by atoms with Crippen molar-refractivity contribution < 1.29 is 0 Å². The van der Waals surface area contributed by atoms with Gasteiger partial charge in [0, 0.05) is 13.1 Å². The Morgan fingerprint density at radius 1 is 1.60 bits per heavy atom. The summed E-state index contributed by atoms with van der Waals surface area (Å²) in [5.41, 5.74) is 2.27. The van der Waals surface area contributed by atoms with E-state index in [1.165, 1.54) is 5.69 Å². The van der Waals surface area contributed by atoms with E-state index in [1.54, 1.807) is 0 Å². The number of aryl methyl sites for hydroxylation is 2. The summed E-state index contributed by atoms with van der Waals surface area (Å²) in [6.07, 6.45) is 2.92. The van der Waals surface area contributed by atoms with Crippen LogP contribution >= 0.6 is 15.9 Å². The van der Waals surface area contributed by atoms with Gasteiger partial charge in [-0.15, -0.1) is 6.58 Å². The second-order valence-electron chi connectivity index (χ2n) is 3.42. The van der Waals surface area contributed by atoms with Gasteiger partial charge in [0.2, 0.25) is 0 Å². The quantitative estimate of drug-likeness (QED) is 0.637. The number of nitrogens with one attached hydrogen (secondary N) is 1. The van der Waals surface area contributed by atoms with E-state index in [4.69, 9.17) is 0 Å². The van der Waals surface area contributed by atoms with Gasteiger partial charge in [0.25, 0.3) is 0 Å². The molecule has 1 N–H and O–H groups in total. The average molecular weight is 272 g/mol. The molecule has 0 fully saturated rings. The highest BCUT2D eigenvalue weighted by atomic mass is 79.9. The lowest BCUT2D eigenvalue weighted by Crippen LogP contribution is -2.17. The Morgan fingerprint density at radius 2 is 2.33 bits per heavy atom. The van der Waals surface area contributed by atoms with E-state index in [0.717, 1.165) is 36.2 Å². The van der Waals surface area contributed by atoms with Gasteiger partial charge >= 0.3 is 0 Å². The van der Waals surface area contributed by atoms with Gasteiger partial charge in [-0.05, 0) is 42.7 Å². The van der Waals surface area contributed by atoms with Crippen molar-refractivity contribution in [3.05, 3.63) is 28.5 Å². The van der Waals surface area contributed by atoms with Crippen LogP contribution in [0.3, 0.4) is 0 Å². The normalized spacial score (nSPS) is 10.6. The van der Waals surface area contributed by atoms with E-state index in [9.17, 15) is 0 Å².